The van der Waals surface area contributed by atoms with Crippen molar-refractivity contribution in [3.63, 3.8) is 0 Å². The Labute approximate surface area is 119 Å². The van der Waals surface area contributed by atoms with Gasteiger partial charge in [0.15, 0.2) is 0 Å². The highest BCUT2D eigenvalue weighted by Crippen LogP contribution is 2.31. The van der Waals surface area contributed by atoms with E-state index in [0.29, 0.717) is 11.3 Å². The van der Waals surface area contributed by atoms with Gasteiger partial charge in [-0.3, -0.25) is 4.68 Å². The number of hydrogen-bond acceptors (Lipinski definition) is 2. The molecule has 0 amide bonds. The number of aryl methyl sites for hydroxylation is 2. The Morgan fingerprint density at radius 3 is 2.39 bits per heavy atom. The van der Waals surface area contributed by atoms with Crippen LogP contribution in [0.5, 0.6) is 0 Å². The van der Waals surface area contributed by atoms with E-state index < -0.39 is 0 Å². The SMILES string of the molecule is CCNCC(Cc1c(Br)c(C)nn1C)C(C)(C)C. The van der Waals surface area contributed by atoms with E-state index in [1.807, 2.05) is 18.7 Å². The van der Waals surface area contributed by atoms with Crippen LogP contribution in [0, 0.1) is 18.3 Å². The summed E-state index contributed by atoms with van der Waals surface area (Å²) in [6, 6.07) is 0. The summed E-state index contributed by atoms with van der Waals surface area (Å²) in [7, 11) is 2.03. The third kappa shape index (κ3) is 3.82. The third-order valence-electron chi connectivity index (χ3n) is 3.57. The molecule has 0 bridgehead atoms. The summed E-state index contributed by atoms with van der Waals surface area (Å²) in [6.45, 7) is 13.2. The van der Waals surface area contributed by atoms with Crippen LogP contribution in [0.3, 0.4) is 0 Å². The number of hydrogen-bond donors (Lipinski definition) is 1. The minimum atomic E-state index is 0.291. The first kappa shape index (κ1) is 15.7. The van der Waals surface area contributed by atoms with Gasteiger partial charge in [-0.15, -0.1) is 0 Å². The molecule has 4 heteroatoms. The normalized spacial score (nSPS) is 13.9. The van der Waals surface area contributed by atoms with Crippen LogP contribution < -0.4 is 5.32 Å². The highest BCUT2D eigenvalue weighted by Gasteiger charge is 2.26. The Balaban J connectivity index is 2.89. The lowest BCUT2D eigenvalue weighted by Crippen LogP contribution is -2.33. The molecule has 0 saturated heterocycles. The fraction of sp³-hybridized carbons (Fsp3) is 0.786. The van der Waals surface area contributed by atoms with Crippen molar-refractivity contribution in [2.45, 2.75) is 41.0 Å². The molecule has 0 saturated carbocycles. The fourth-order valence-electron chi connectivity index (χ4n) is 2.14. The second kappa shape index (κ2) is 6.20. The highest BCUT2D eigenvalue weighted by molar-refractivity contribution is 9.10. The first-order chi connectivity index (χ1) is 8.27. The second-order valence-electron chi connectivity index (χ2n) is 6.04. The van der Waals surface area contributed by atoms with Crippen LogP contribution in [-0.2, 0) is 13.5 Å². The zero-order valence-electron chi connectivity index (χ0n) is 12.5. The van der Waals surface area contributed by atoms with Crippen LogP contribution in [0.25, 0.3) is 0 Å². The topological polar surface area (TPSA) is 29.9 Å². The molecule has 104 valence electrons. The summed E-state index contributed by atoms with van der Waals surface area (Å²) in [4.78, 5) is 0. The van der Waals surface area contributed by atoms with Crippen molar-refractivity contribution in [3.8, 4) is 0 Å². The summed E-state index contributed by atoms with van der Waals surface area (Å²) in [5.74, 6) is 0.601. The van der Waals surface area contributed by atoms with Gasteiger partial charge in [0.05, 0.1) is 15.9 Å². The first-order valence-electron chi connectivity index (χ1n) is 6.66. The lowest BCUT2D eigenvalue weighted by Gasteiger charge is -2.31. The summed E-state index contributed by atoms with van der Waals surface area (Å²) in [6.07, 6.45) is 1.05. The number of nitrogens with one attached hydrogen (secondary N) is 1. The van der Waals surface area contributed by atoms with Crippen molar-refractivity contribution in [2.24, 2.45) is 18.4 Å². The van der Waals surface area contributed by atoms with Gasteiger partial charge in [0, 0.05) is 7.05 Å². The van der Waals surface area contributed by atoms with Crippen molar-refractivity contribution in [2.75, 3.05) is 13.1 Å². The van der Waals surface area contributed by atoms with Crippen LogP contribution in [0.2, 0.25) is 0 Å². The van der Waals surface area contributed by atoms with Crippen LogP contribution >= 0.6 is 15.9 Å². The molecule has 18 heavy (non-hydrogen) atoms. The molecule has 0 aliphatic rings. The van der Waals surface area contributed by atoms with Crippen LogP contribution in [0.1, 0.15) is 39.1 Å². The molecular formula is C14H26BrN3. The van der Waals surface area contributed by atoms with Gasteiger partial charge in [-0.05, 0) is 53.7 Å². The first-order valence-corrected chi connectivity index (χ1v) is 7.45. The maximum absolute atomic E-state index is 4.48. The molecule has 3 nitrogen and oxygen atoms in total. The summed E-state index contributed by atoms with van der Waals surface area (Å²) < 4.78 is 3.17. The molecule has 1 N–H and O–H groups in total. The molecule has 0 radical (unpaired) electrons. The second-order valence-corrected chi connectivity index (χ2v) is 6.84. The highest BCUT2D eigenvalue weighted by atomic mass is 79.9. The van der Waals surface area contributed by atoms with Crippen LogP contribution in [0.15, 0.2) is 4.47 Å². The molecule has 1 heterocycles. The molecule has 1 atom stereocenters. The van der Waals surface area contributed by atoms with Crippen molar-refractivity contribution in [1.82, 2.24) is 15.1 Å². The van der Waals surface area contributed by atoms with Gasteiger partial charge in [-0.2, -0.15) is 5.10 Å². The number of aromatic nitrogens is 2. The molecule has 0 aromatic carbocycles. The van der Waals surface area contributed by atoms with Gasteiger partial charge in [0.2, 0.25) is 0 Å². The Morgan fingerprint density at radius 2 is 2.00 bits per heavy atom. The molecule has 0 aliphatic heterocycles. The number of nitrogens with zero attached hydrogens (tertiary/aromatic N) is 2. The van der Waals surface area contributed by atoms with Gasteiger partial charge in [0.1, 0.15) is 0 Å². The van der Waals surface area contributed by atoms with Crippen molar-refractivity contribution in [3.05, 3.63) is 15.9 Å². The minimum Gasteiger partial charge on any atom is -0.317 e. The van der Waals surface area contributed by atoms with E-state index in [0.717, 1.165) is 29.7 Å². The standard InChI is InChI=1S/C14H26BrN3/c1-7-16-9-11(14(3,4)5)8-12-13(15)10(2)17-18(12)6/h11,16H,7-9H2,1-6H3. The summed E-state index contributed by atoms with van der Waals surface area (Å²) in [5, 5.41) is 7.95. The van der Waals surface area contributed by atoms with E-state index in [-0.39, 0.29) is 0 Å². The van der Waals surface area contributed by atoms with Gasteiger partial charge < -0.3 is 5.32 Å². The summed E-state index contributed by atoms with van der Waals surface area (Å²) in [5.41, 5.74) is 2.66. The maximum Gasteiger partial charge on any atom is 0.0738 e. The van der Waals surface area contributed by atoms with E-state index in [2.05, 4.69) is 54.0 Å². The third-order valence-corrected chi connectivity index (χ3v) is 4.60. The van der Waals surface area contributed by atoms with Crippen molar-refractivity contribution in [1.29, 1.82) is 0 Å². The van der Waals surface area contributed by atoms with E-state index in [4.69, 9.17) is 0 Å². The molecule has 1 rings (SSSR count). The average Bonchev–Trinajstić information content (AvgIpc) is 2.48. The lowest BCUT2D eigenvalue weighted by molar-refractivity contribution is 0.228. The molecule has 0 spiro atoms. The molecule has 1 aromatic rings. The zero-order chi connectivity index (χ0) is 13.9. The number of halogens is 1. The fourth-order valence-corrected chi connectivity index (χ4v) is 2.64. The van der Waals surface area contributed by atoms with E-state index in [9.17, 15) is 0 Å². The molecule has 1 unspecified atom stereocenters. The Morgan fingerprint density at radius 1 is 1.39 bits per heavy atom. The molecule has 0 aliphatic carbocycles. The predicted molar refractivity (Wildman–Crippen MR) is 80.8 cm³/mol. The predicted octanol–water partition coefficient (Wildman–Crippen LogP) is 3.31. The Hall–Kier alpha value is -0.350. The van der Waals surface area contributed by atoms with E-state index in [1.165, 1.54) is 5.69 Å². The maximum atomic E-state index is 4.48. The quantitative estimate of drug-likeness (QED) is 0.903. The minimum absolute atomic E-state index is 0.291. The van der Waals surface area contributed by atoms with Crippen molar-refractivity contribution >= 4 is 15.9 Å². The Kier molecular flexibility index (Phi) is 5.41. The van der Waals surface area contributed by atoms with Gasteiger partial charge in [-0.1, -0.05) is 27.7 Å². The molecule has 0 fully saturated rings. The Bertz CT molecular complexity index is 390. The number of rotatable bonds is 5. The monoisotopic (exact) mass is 315 g/mol. The van der Waals surface area contributed by atoms with E-state index >= 15 is 0 Å². The van der Waals surface area contributed by atoms with Gasteiger partial charge >= 0.3 is 0 Å². The zero-order valence-corrected chi connectivity index (χ0v) is 14.1. The molecule has 1 aromatic heterocycles. The largest absolute Gasteiger partial charge is 0.317 e. The van der Waals surface area contributed by atoms with Crippen molar-refractivity contribution < 1.29 is 0 Å². The van der Waals surface area contributed by atoms with E-state index in [1.54, 1.807) is 0 Å². The molecular weight excluding hydrogens is 290 g/mol. The van der Waals surface area contributed by atoms with Crippen LogP contribution in [0.4, 0.5) is 0 Å². The van der Waals surface area contributed by atoms with Crippen LogP contribution in [-0.4, -0.2) is 22.9 Å². The summed E-state index contributed by atoms with van der Waals surface area (Å²) >= 11 is 3.66. The smallest absolute Gasteiger partial charge is 0.0738 e. The average molecular weight is 316 g/mol. The lowest BCUT2D eigenvalue weighted by atomic mass is 9.78. The van der Waals surface area contributed by atoms with Gasteiger partial charge in [-0.25, -0.2) is 0 Å². The van der Waals surface area contributed by atoms with Gasteiger partial charge in [0.25, 0.3) is 0 Å².